The van der Waals surface area contributed by atoms with Crippen LogP contribution in [0, 0.1) is 11.8 Å². The van der Waals surface area contributed by atoms with Gasteiger partial charge in [0.1, 0.15) is 0 Å². The molecule has 0 bridgehead atoms. The third-order valence-corrected chi connectivity index (χ3v) is 4.15. The largest absolute Gasteiger partial charge is 0.394 e. The van der Waals surface area contributed by atoms with E-state index in [0.717, 1.165) is 31.3 Å². The predicted octanol–water partition coefficient (Wildman–Crippen LogP) is 1.86. The Hall–Kier alpha value is -0.120. The van der Waals surface area contributed by atoms with Crippen molar-refractivity contribution in [3.63, 3.8) is 0 Å². The normalized spacial score (nSPS) is 23.3. The molecule has 2 aliphatic carbocycles. The highest BCUT2D eigenvalue weighted by molar-refractivity contribution is 4.90. The molecule has 3 nitrogen and oxygen atoms in total. The molecular weight excluding hydrogens is 224 g/mol. The van der Waals surface area contributed by atoms with Gasteiger partial charge in [-0.25, -0.2) is 0 Å². The Morgan fingerprint density at radius 1 is 1.17 bits per heavy atom. The highest BCUT2D eigenvalue weighted by atomic mass is 16.3. The van der Waals surface area contributed by atoms with Gasteiger partial charge in [-0.2, -0.15) is 0 Å². The summed E-state index contributed by atoms with van der Waals surface area (Å²) in [6.45, 7) is 9.07. The van der Waals surface area contributed by atoms with Crippen LogP contribution in [0.5, 0.6) is 0 Å². The fraction of sp³-hybridized carbons (Fsp3) is 1.00. The zero-order valence-electron chi connectivity index (χ0n) is 12.1. The molecule has 0 aromatic carbocycles. The van der Waals surface area contributed by atoms with Crippen LogP contribution < -0.4 is 5.32 Å². The van der Waals surface area contributed by atoms with Gasteiger partial charge in [0.15, 0.2) is 0 Å². The van der Waals surface area contributed by atoms with Gasteiger partial charge in [-0.1, -0.05) is 6.92 Å². The molecule has 0 radical (unpaired) electrons. The molecule has 2 saturated carbocycles. The van der Waals surface area contributed by atoms with Crippen LogP contribution in [0.2, 0.25) is 0 Å². The first kappa shape index (κ1) is 14.3. The maximum Gasteiger partial charge on any atom is 0.0623 e. The van der Waals surface area contributed by atoms with E-state index in [1.165, 1.54) is 38.8 Å². The molecule has 0 aromatic rings. The van der Waals surface area contributed by atoms with Gasteiger partial charge in [-0.15, -0.1) is 0 Å². The molecule has 2 N–H and O–H groups in total. The Labute approximate surface area is 112 Å². The van der Waals surface area contributed by atoms with Crippen LogP contribution in [0.1, 0.15) is 46.0 Å². The van der Waals surface area contributed by atoms with Crippen molar-refractivity contribution < 1.29 is 5.11 Å². The SMILES string of the molecule is CCCNC(C)(CO)CN(CC1CC1)CC1CC1. The zero-order chi connectivity index (χ0) is 13.0. The number of aliphatic hydroxyl groups excluding tert-OH is 1. The summed E-state index contributed by atoms with van der Waals surface area (Å²) in [5, 5.41) is 13.2. The van der Waals surface area contributed by atoms with Gasteiger partial charge in [0, 0.05) is 19.6 Å². The highest BCUT2D eigenvalue weighted by Gasteiger charge is 2.33. The maximum atomic E-state index is 9.67. The van der Waals surface area contributed by atoms with Gasteiger partial charge in [0.2, 0.25) is 0 Å². The maximum absolute atomic E-state index is 9.67. The smallest absolute Gasteiger partial charge is 0.0623 e. The van der Waals surface area contributed by atoms with E-state index in [1.807, 2.05) is 0 Å². The molecule has 18 heavy (non-hydrogen) atoms. The highest BCUT2D eigenvalue weighted by Crippen LogP contribution is 2.34. The summed E-state index contributed by atoms with van der Waals surface area (Å²) in [5.41, 5.74) is -0.125. The van der Waals surface area contributed by atoms with Crippen LogP contribution in [0.4, 0.5) is 0 Å². The molecule has 106 valence electrons. The summed E-state index contributed by atoms with van der Waals surface area (Å²) in [6, 6.07) is 0. The number of hydrogen-bond acceptors (Lipinski definition) is 3. The third kappa shape index (κ3) is 4.87. The molecule has 2 fully saturated rings. The summed E-state index contributed by atoms with van der Waals surface area (Å²) in [6.07, 6.45) is 6.79. The van der Waals surface area contributed by atoms with Crippen LogP contribution in [0.25, 0.3) is 0 Å². The number of hydrogen-bond donors (Lipinski definition) is 2. The number of rotatable bonds is 10. The molecule has 2 aliphatic rings. The molecular formula is C15H30N2O. The van der Waals surface area contributed by atoms with Gasteiger partial charge in [-0.05, 0) is 57.4 Å². The Kier molecular flexibility index (Phi) is 5.05. The van der Waals surface area contributed by atoms with Crippen molar-refractivity contribution in [1.82, 2.24) is 10.2 Å². The summed E-state index contributed by atoms with van der Waals surface area (Å²) >= 11 is 0. The topological polar surface area (TPSA) is 35.5 Å². The van der Waals surface area contributed by atoms with E-state index < -0.39 is 0 Å². The Morgan fingerprint density at radius 2 is 1.72 bits per heavy atom. The summed E-state index contributed by atoms with van der Waals surface area (Å²) in [4.78, 5) is 2.61. The van der Waals surface area contributed by atoms with Crippen molar-refractivity contribution >= 4 is 0 Å². The Morgan fingerprint density at radius 3 is 2.11 bits per heavy atom. The second kappa shape index (κ2) is 6.36. The van der Waals surface area contributed by atoms with Crippen LogP contribution in [-0.4, -0.2) is 48.3 Å². The summed E-state index contributed by atoms with van der Waals surface area (Å²) < 4.78 is 0. The number of aliphatic hydroxyl groups is 1. The lowest BCUT2D eigenvalue weighted by molar-refractivity contribution is 0.114. The second-order valence-corrected chi connectivity index (χ2v) is 6.73. The lowest BCUT2D eigenvalue weighted by Crippen LogP contribution is -2.54. The van der Waals surface area contributed by atoms with Gasteiger partial charge in [-0.3, -0.25) is 0 Å². The number of nitrogens with one attached hydrogen (secondary N) is 1. The fourth-order valence-electron chi connectivity index (χ4n) is 2.62. The van der Waals surface area contributed by atoms with E-state index >= 15 is 0 Å². The number of nitrogens with zero attached hydrogens (tertiary/aromatic N) is 1. The molecule has 0 heterocycles. The second-order valence-electron chi connectivity index (χ2n) is 6.73. The first-order chi connectivity index (χ1) is 8.65. The lowest BCUT2D eigenvalue weighted by atomic mass is 10.0. The first-order valence-electron chi connectivity index (χ1n) is 7.73. The minimum Gasteiger partial charge on any atom is -0.394 e. The Bertz CT molecular complexity index is 237. The summed E-state index contributed by atoms with van der Waals surface area (Å²) in [5.74, 6) is 1.88. The molecule has 0 spiro atoms. The third-order valence-electron chi connectivity index (χ3n) is 4.15. The molecule has 0 saturated heterocycles. The van der Waals surface area contributed by atoms with E-state index in [9.17, 15) is 5.11 Å². The predicted molar refractivity (Wildman–Crippen MR) is 75.7 cm³/mol. The molecule has 0 aromatic heterocycles. The van der Waals surface area contributed by atoms with Crippen LogP contribution in [0.3, 0.4) is 0 Å². The zero-order valence-corrected chi connectivity index (χ0v) is 12.1. The average molecular weight is 254 g/mol. The van der Waals surface area contributed by atoms with Crippen molar-refractivity contribution in [3.05, 3.63) is 0 Å². The van der Waals surface area contributed by atoms with E-state index in [4.69, 9.17) is 0 Å². The fourth-order valence-corrected chi connectivity index (χ4v) is 2.62. The minimum absolute atomic E-state index is 0.125. The molecule has 1 unspecified atom stereocenters. The molecule has 3 heteroatoms. The van der Waals surface area contributed by atoms with Gasteiger partial charge in [0.05, 0.1) is 12.1 Å². The van der Waals surface area contributed by atoms with E-state index in [2.05, 4.69) is 24.1 Å². The van der Waals surface area contributed by atoms with Gasteiger partial charge < -0.3 is 15.3 Å². The van der Waals surface area contributed by atoms with E-state index in [0.29, 0.717) is 0 Å². The van der Waals surface area contributed by atoms with Gasteiger partial charge >= 0.3 is 0 Å². The van der Waals surface area contributed by atoms with E-state index in [1.54, 1.807) is 0 Å². The first-order valence-corrected chi connectivity index (χ1v) is 7.73. The molecule has 2 rings (SSSR count). The van der Waals surface area contributed by atoms with Crippen molar-refractivity contribution in [1.29, 1.82) is 0 Å². The quantitative estimate of drug-likeness (QED) is 0.624. The standard InChI is InChI=1S/C15H30N2O/c1-3-8-16-15(2,12-18)11-17(9-13-4-5-13)10-14-6-7-14/h13-14,16,18H,3-12H2,1-2H3. The molecule has 0 aliphatic heterocycles. The van der Waals surface area contributed by atoms with Crippen LogP contribution >= 0.6 is 0 Å². The summed E-state index contributed by atoms with van der Waals surface area (Å²) in [7, 11) is 0. The minimum atomic E-state index is -0.125. The molecule has 0 amide bonds. The lowest BCUT2D eigenvalue weighted by Gasteiger charge is -2.35. The monoisotopic (exact) mass is 254 g/mol. The van der Waals surface area contributed by atoms with E-state index in [-0.39, 0.29) is 12.1 Å². The average Bonchev–Trinajstić information content (AvgIpc) is 3.22. The van der Waals surface area contributed by atoms with Crippen molar-refractivity contribution in [2.45, 2.75) is 51.5 Å². The van der Waals surface area contributed by atoms with Crippen LogP contribution in [0.15, 0.2) is 0 Å². The van der Waals surface area contributed by atoms with Crippen molar-refractivity contribution in [2.75, 3.05) is 32.8 Å². The Balaban J connectivity index is 1.82. The van der Waals surface area contributed by atoms with Gasteiger partial charge in [0.25, 0.3) is 0 Å². The van der Waals surface area contributed by atoms with Crippen molar-refractivity contribution in [2.24, 2.45) is 11.8 Å². The van der Waals surface area contributed by atoms with Crippen molar-refractivity contribution in [3.8, 4) is 0 Å². The van der Waals surface area contributed by atoms with Crippen LogP contribution in [-0.2, 0) is 0 Å². The molecule has 1 atom stereocenters.